The van der Waals surface area contributed by atoms with Crippen LogP contribution in [0.15, 0.2) is 24.3 Å². The van der Waals surface area contributed by atoms with Crippen LogP contribution < -0.4 is 0 Å². The van der Waals surface area contributed by atoms with Crippen molar-refractivity contribution in [1.29, 1.82) is 0 Å². The molecule has 2 aromatic heterocycles. The standard InChI is InChI=1S/C21H23N3OS/c1-12-7-5-6-8-16(12)11-24(4)21(25)18-13(2)17-14(3)22-19(15-9-10-15)23-20(17)26-18/h5-8,15H,9-11H2,1-4H3. The third-order valence-electron chi connectivity index (χ3n) is 5.14. The van der Waals surface area contributed by atoms with Crippen molar-refractivity contribution in [2.75, 3.05) is 7.05 Å². The number of aromatic nitrogens is 2. The topological polar surface area (TPSA) is 46.1 Å². The molecule has 134 valence electrons. The third-order valence-corrected chi connectivity index (χ3v) is 6.31. The lowest BCUT2D eigenvalue weighted by atomic mass is 10.1. The Morgan fingerprint density at radius 3 is 2.62 bits per heavy atom. The van der Waals surface area contributed by atoms with E-state index in [1.165, 1.54) is 35.3 Å². The fraction of sp³-hybridized carbons (Fsp3) is 0.381. The van der Waals surface area contributed by atoms with Crippen molar-refractivity contribution in [3.05, 3.63) is 57.4 Å². The zero-order chi connectivity index (χ0) is 18.4. The van der Waals surface area contributed by atoms with Crippen molar-refractivity contribution < 1.29 is 4.79 Å². The number of amides is 1. The van der Waals surface area contributed by atoms with Gasteiger partial charge in [0.05, 0.1) is 10.6 Å². The van der Waals surface area contributed by atoms with Crippen LogP contribution in [-0.4, -0.2) is 27.8 Å². The summed E-state index contributed by atoms with van der Waals surface area (Å²) in [4.78, 5) is 26.1. The number of hydrogen-bond acceptors (Lipinski definition) is 4. The summed E-state index contributed by atoms with van der Waals surface area (Å²) in [6, 6.07) is 8.20. The highest BCUT2D eigenvalue weighted by atomic mass is 32.1. The summed E-state index contributed by atoms with van der Waals surface area (Å²) in [5, 5.41) is 1.05. The zero-order valence-electron chi connectivity index (χ0n) is 15.7. The smallest absolute Gasteiger partial charge is 0.264 e. The van der Waals surface area contributed by atoms with E-state index in [4.69, 9.17) is 9.97 Å². The van der Waals surface area contributed by atoms with E-state index in [1.54, 1.807) is 4.90 Å². The molecule has 2 heterocycles. The molecule has 1 aliphatic rings. The lowest BCUT2D eigenvalue weighted by molar-refractivity contribution is 0.0789. The Bertz CT molecular complexity index is 1000. The van der Waals surface area contributed by atoms with Crippen LogP contribution in [0.1, 0.15) is 56.6 Å². The van der Waals surface area contributed by atoms with Gasteiger partial charge in [-0.1, -0.05) is 24.3 Å². The van der Waals surface area contributed by atoms with Gasteiger partial charge in [0, 0.05) is 24.9 Å². The molecular weight excluding hydrogens is 342 g/mol. The molecule has 3 aromatic rings. The summed E-state index contributed by atoms with van der Waals surface area (Å²) >= 11 is 1.51. The molecule has 1 saturated carbocycles. The maximum absolute atomic E-state index is 13.1. The minimum absolute atomic E-state index is 0.0566. The molecule has 1 aromatic carbocycles. The van der Waals surface area contributed by atoms with Gasteiger partial charge in [0.25, 0.3) is 5.91 Å². The highest BCUT2D eigenvalue weighted by Crippen LogP contribution is 2.40. The second-order valence-corrected chi connectivity index (χ2v) is 8.26. The molecule has 0 radical (unpaired) electrons. The molecule has 0 bridgehead atoms. The molecule has 0 N–H and O–H groups in total. The first-order valence-electron chi connectivity index (χ1n) is 9.03. The molecule has 1 amide bonds. The molecule has 1 fully saturated rings. The Balaban J connectivity index is 1.67. The first-order valence-corrected chi connectivity index (χ1v) is 9.85. The maximum atomic E-state index is 13.1. The normalized spacial score (nSPS) is 14.0. The molecule has 26 heavy (non-hydrogen) atoms. The van der Waals surface area contributed by atoms with Crippen molar-refractivity contribution in [3.8, 4) is 0 Å². The number of benzene rings is 1. The Morgan fingerprint density at radius 2 is 1.92 bits per heavy atom. The number of thiophene rings is 1. The fourth-order valence-corrected chi connectivity index (χ4v) is 4.61. The van der Waals surface area contributed by atoms with E-state index in [1.807, 2.05) is 33.0 Å². The monoisotopic (exact) mass is 365 g/mol. The largest absolute Gasteiger partial charge is 0.337 e. The van der Waals surface area contributed by atoms with Gasteiger partial charge in [-0.25, -0.2) is 9.97 Å². The van der Waals surface area contributed by atoms with Crippen molar-refractivity contribution in [2.45, 2.75) is 46.1 Å². The molecule has 0 atom stereocenters. The van der Waals surface area contributed by atoms with Crippen LogP contribution >= 0.6 is 11.3 Å². The lowest BCUT2D eigenvalue weighted by Gasteiger charge is -2.18. The van der Waals surface area contributed by atoms with Gasteiger partial charge in [0.2, 0.25) is 0 Å². The first-order chi connectivity index (χ1) is 12.5. The van der Waals surface area contributed by atoms with Crippen molar-refractivity contribution in [1.82, 2.24) is 14.9 Å². The molecule has 5 heteroatoms. The highest BCUT2D eigenvalue weighted by Gasteiger charge is 2.29. The van der Waals surface area contributed by atoms with Gasteiger partial charge in [-0.15, -0.1) is 11.3 Å². The van der Waals surface area contributed by atoms with Crippen molar-refractivity contribution >= 4 is 27.5 Å². The van der Waals surface area contributed by atoms with Crippen LogP contribution in [0.25, 0.3) is 10.2 Å². The minimum Gasteiger partial charge on any atom is -0.337 e. The Kier molecular flexibility index (Phi) is 4.27. The summed E-state index contributed by atoms with van der Waals surface area (Å²) in [6.07, 6.45) is 2.36. The molecule has 0 saturated heterocycles. The number of fused-ring (bicyclic) bond motifs is 1. The van der Waals surface area contributed by atoms with E-state index in [9.17, 15) is 4.79 Å². The van der Waals surface area contributed by atoms with Gasteiger partial charge in [-0.2, -0.15) is 0 Å². The third kappa shape index (κ3) is 3.01. The second-order valence-electron chi connectivity index (χ2n) is 7.27. The number of nitrogens with zero attached hydrogens (tertiary/aromatic N) is 3. The Hall–Kier alpha value is -2.27. The van der Waals surface area contributed by atoms with E-state index in [-0.39, 0.29) is 5.91 Å². The van der Waals surface area contributed by atoms with Crippen LogP contribution in [0.2, 0.25) is 0 Å². The summed E-state index contributed by atoms with van der Waals surface area (Å²) in [6.45, 7) is 6.73. The van der Waals surface area contributed by atoms with Gasteiger partial charge in [-0.05, 0) is 50.3 Å². The van der Waals surface area contributed by atoms with E-state index >= 15 is 0 Å². The van der Waals surface area contributed by atoms with Crippen LogP contribution in [0.4, 0.5) is 0 Å². The Labute approximate surface area is 157 Å². The zero-order valence-corrected chi connectivity index (χ0v) is 16.5. The molecule has 4 rings (SSSR count). The Morgan fingerprint density at radius 1 is 1.19 bits per heavy atom. The van der Waals surface area contributed by atoms with E-state index in [0.29, 0.717) is 12.5 Å². The lowest BCUT2D eigenvalue weighted by Crippen LogP contribution is -2.26. The molecule has 1 aliphatic carbocycles. The predicted molar refractivity (Wildman–Crippen MR) is 106 cm³/mol. The van der Waals surface area contributed by atoms with Crippen LogP contribution in [-0.2, 0) is 6.54 Å². The quantitative estimate of drug-likeness (QED) is 0.669. The van der Waals surface area contributed by atoms with Crippen molar-refractivity contribution in [3.63, 3.8) is 0 Å². The molecule has 0 aliphatic heterocycles. The molecule has 4 nitrogen and oxygen atoms in total. The van der Waals surface area contributed by atoms with Crippen molar-refractivity contribution in [2.24, 2.45) is 0 Å². The minimum atomic E-state index is 0.0566. The van der Waals surface area contributed by atoms with Crippen LogP contribution in [0, 0.1) is 20.8 Å². The number of carbonyl (C=O) groups excluding carboxylic acids is 1. The number of carbonyl (C=O) groups is 1. The van der Waals surface area contributed by atoms with E-state index in [0.717, 1.165) is 32.2 Å². The van der Waals surface area contributed by atoms with Gasteiger partial charge in [0.15, 0.2) is 0 Å². The van der Waals surface area contributed by atoms with Gasteiger partial charge < -0.3 is 4.90 Å². The summed E-state index contributed by atoms with van der Waals surface area (Å²) in [5.74, 6) is 1.52. The first kappa shape index (κ1) is 17.2. The molecule has 0 unspecified atom stereocenters. The average molecular weight is 366 g/mol. The average Bonchev–Trinajstić information content (AvgIpc) is 3.40. The molecule has 0 spiro atoms. The van der Waals surface area contributed by atoms with E-state index in [2.05, 4.69) is 19.1 Å². The van der Waals surface area contributed by atoms with Gasteiger partial charge in [0.1, 0.15) is 10.7 Å². The highest BCUT2D eigenvalue weighted by molar-refractivity contribution is 7.20. The summed E-state index contributed by atoms with van der Waals surface area (Å²) in [7, 11) is 1.87. The number of rotatable bonds is 4. The summed E-state index contributed by atoms with van der Waals surface area (Å²) < 4.78 is 0. The summed E-state index contributed by atoms with van der Waals surface area (Å²) in [5.41, 5.74) is 4.38. The van der Waals surface area contributed by atoms with Crippen LogP contribution in [0.3, 0.4) is 0 Å². The van der Waals surface area contributed by atoms with Gasteiger partial charge >= 0.3 is 0 Å². The number of aryl methyl sites for hydroxylation is 3. The fourth-order valence-electron chi connectivity index (χ4n) is 3.38. The van der Waals surface area contributed by atoms with Gasteiger partial charge in [-0.3, -0.25) is 4.79 Å². The predicted octanol–water partition coefficient (Wildman–Crippen LogP) is 4.77. The second kappa shape index (κ2) is 6.47. The van der Waals surface area contributed by atoms with E-state index < -0.39 is 0 Å². The SMILES string of the molecule is Cc1ccccc1CN(C)C(=O)c1sc2nc(C3CC3)nc(C)c2c1C. The molecular formula is C21H23N3OS. The maximum Gasteiger partial charge on any atom is 0.264 e. The van der Waals surface area contributed by atoms with Crippen LogP contribution in [0.5, 0.6) is 0 Å². The number of hydrogen-bond donors (Lipinski definition) is 0.